The maximum atomic E-state index is 12.6. The number of aryl methyl sites for hydroxylation is 1. The highest BCUT2D eigenvalue weighted by atomic mass is 16.2. The summed E-state index contributed by atoms with van der Waals surface area (Å²) in [4.78, 5) is 31.9. The molecule has 1 aromatic heterocycles. The molecule has 1 fully saturated rings. The van der Waals surface area contributed by atoms with E-state index in [0.29, 0.717) is 32.6 Å². The lowest BCUT2D eigenvalue weighted by Crippen LogP contribution is -2.50. The summed E-state index contributed by atoms with van der Waals surface area (Å²) in [6.45, 7) is 2.35. The van der Waals surface area contributed by atoms with Gasteiger partial charge in [-0.2, -0.15) is 0 Å². The lowest BCUT2D eigenvalue weighted by molar-refractivity contribution is -0.137. The van der Waals surface area contributed by atoms with Gasteiger partial charge in [0, 0.05) is 55.8 Å². The number of hydrogen-bond acceptors (Lipinski definition) is 2. The van der Waals surface area contributed by atoms with E-state index in [0.717, 1.165) is 17.5 Å². The Morgan fingerprint density at radius 2 is 1.59 bits per heavy atom. The minimum Gasteiger partial charge on any atom is -0.361 e. The first-order valence-electron chi connectivity index (χ1n) is 10.1. The molecule has 148 valence electrons. The van der Waals surface area contributed by atoms with E-state index < -0.39 is 0 Å². The van der Waals surface area contributed by atoms with Crippen molar-refractivity contribution >= 4 is 28.8 Å². The zero-order valence-corrected chi connectivity index (χ0v) is 16.4. The second-order valence-electron chi connectivity index (χ2n) is 7.31. The van der Waals surface area contributed by atoms with Gasteiger partial charge in [0.2, 0.25) is 11.8 Å². The monoisotopic (exact) mass is 387 g/mol. The third-order valence-electron chi connectivity index (χ3n) is 5.45. The lowest BCUT2D eigenvalue weighted by Gasteiger charge is -2.34. The smallest absolute Gasteiger partial charge is 0.246 e. The van der Waals surface area contributed by atoms with Crippen LogP contribution < -0.4 is 0 Å². The normalized spacial score (nSPS) is 14.6. The Hall–Kier alpha value is -3.34. The van der Waals surface area contributed by atoms with Crippen LogP contribution >= 0.6 is 0 Å². The summed E-state index contributed by atoms with van der Waals surface area (Å²) < 4.78 is 0. The number of hydrogen-bond donors (Lipinski definition) is 1. The van der Waals surface area contributed by atoms with Crippen molar-refractivity contribution in [1.29, 1.82) is 0 Å². The Labute approximate surface area is 170 Å². The molecule has 29 heavy (non-hydrogen) atoms. The summed E-state index contributed by atoms with van der Waals surface area (Å²) in [7, 11) is 0. The fourth-order valence-corrected chi connectivity index (χ4v) is 3.75. The van der Waals surface area contributed by atoms with Gasteiger partial charge in [-0.3, -0.25) is 9.59 Å². The van der Waals surface area contributed by atoms with Crippen LogP contribution in [0, 0.1) is 0 Å². The van der Waals surface area contributed by atoms with Crippen LogP contribution in [-0.2, 0) is 16.0 Å². The first-order chi connectivity index (χ1) is 14.2. The van der Waals surface area contributed by atoms with Gasteiger partial charge >= 0.3 is 0 Å². The van der Waals surface area contributed by atoms with Crippen molar-refractivity contribution in [2.75, 3.05) is 26.2 Å². The van der Waals surface area contributed by atoms with Crippen molar-refractivity contribution in [3.63, 3.8) is 0 Å². The molecule has 0 saturated carbocycles. The molecule has 1 saturated heterocycles. The molecule has 5 heteroatoms. The number of piperazine rings is 1. The summed E-state index contributed by atoms with van der Waals surface area (Å²) >= 11 is 0. The van der Waals surface area contributed by atoms with E-state index >= 15 is 0 Å². The zero-order chi connectivity index (χ0) is 20.1. The predicted molar refractivity (Wildman–Crippen MR) is 115 cm³/mol. The quantitative estimate of drug-likeness (QED) is 0.682. The molecule has 0 radical (unpaired) electrons. The fraction of sp³-hybridized carbons (Fsp3) is 0.250. The number of amides is 2. The van der Waals surface area contributed by atoms with Gasteiger partial charge in [-0.05, 0) is 29.7 Å². The van der Waals surface area contributed by atoms with Crippen LogP contribution in [0.5, 0.6) is 0 Å². The summed E-state index contributed by atoms with van der Waals surface area (Å²) in [6.07, 6.45) is 6.66. The van der Waals surface area contributed by atoms with Crippen LogP contribution in [0.3, 0.4) is 0 Å². The molecule has 3 aromatic rings. The number of para-hydroxylation sites is 1. The van der Waals surface area contributed by atoms with Gasteiger partial charge in [0.15, 0.2) is 0 Å². The number of carbonyl (C=O) groups excluding carboxylic acids is 2. The molecule has 1 N–H and O–H groups in total. The van der Waals surface area contributed by atoms with Crippen molar-refractivity contribution < 1.29 is 9.59 Å². The Kier molecular flexibility index (Phi) is 5.75. The molecule has 0 unspecified atom stereocenters. The molecule has 0 bridgehead atoms. The van der Waals surface area contributed by atoms with Crippen molar-refractivity contribution in [3.05, 3.63) is 78.0 Å². The van der Waals surface area contributed by atoms with Crippen LogP contribution in [0.2, 0.25) is 0 Å². The number of benzene rings is 2. The van der Waals surface area contributed by atoms with Gasteiger partial charge in [0.25, 0.3) is 0 Å². The molecule has 0 aliphatic carbocycles. The SMILES string of the molecule is O=C(/C=C/c1ccccc1)N1CCN(C(=O)CCc2c[nH]c3ccccc23)CC1. The molecular formula is C24H25N3O2. The average Bonchev–Trinajstić information content (AvgIpc) is 3.20. The highest BCUT2D eigenvalue weighted by molar-refractivity contribution is 5.92. The molecule has 1 aliphatic rings. The Morgan fingerprint density at radius 1 is 0.897 bits per heavy atom. The first-order valence-corrected chi connectivity index (χ1v) is 10.1. The molecule has 4 rings (SSSR count). The van der Waals surface area contributed by atoms with Crippen LogP contribution in [0.1, 0.15) is 17.5 Å². The zero-order valence-electron chi connectivity index (χ0n) is 16.4. The Bertz CT molecular complexity index is 1010. The summed E-state index contributed by atoms with van der Waals surface area (Å²) in [5, 5.41) is 1.18. The molecule has 2 heterocycles. The number of H-pyrrole nitrogens is 1. The van der Waals surface area contributed by atoms with E-state index in [-0.39, 0.29) is 11.8 Å². The van der Waals surface area contributed by atoms with Crippen molar-refractivity contribution in [2.24, 2.45) is 0 Å². The van der Waals surface area contributed by atoms with Gasteiger partial charge < -0.3 is 14.8 Å². The van der Waals surface area contributed by atoms with Gasteiger partial charge in [-0.15, -0.1) is 0 Å². The molecule has 1 aliphatic heterocycles. The topological polar surface area (TPSA) is 56.4 Å². The largest absolute Gasteiger partial charge is 0.361 e. The number of carbonyl (C=O) groups is 2. The number of nitrogens with one attached hydrogen (secondary N) is 1. The standard InChI is InChI=1S/C24H25N3O2/c28-23(12-10-19-6-2-1-3-7-19)26-14-16-27(17-15-26)24(29)13-11-20-18-25-22-9-5-4-8-21(20)22/h1-10,12,18,25H,11,13-17H2/b12-10+. The maximum Gasteiger partial charge on any atom is 0.246 e. The number of nitrogens with zero attached hydrogens (tertiary/aromatic N) is 2. The third kappa shape index (κ3) is 4.57. The molecule has 2 aromatic carbocycles. The van der Waals surface area contributed by atoms with Crippen LogP contribution in [0.25, 0.3) is 17.0 Å². The Balaban J connectivity index is 1.26. The second-order valence-corrected chi connectivity index (χ2v) is 7.31. The van der Waals surface area contributed by atoms with Crippen molar-refractivity contribution in [2.45, 2.75) is 12.8 Å². The van der Waals surface area contributed by atoms with E-state index in [4.69, 9.17) is 0 Å². The number of aromatic amines is 1. The average molecular weight is 387 g/mol. The molecule has 0 atom stereocenters. The van der Waals surface area contributed by atoms with E-state index in [9.17, 15) is 9.59 Å². The molecule has 0 spiro atoms. The second kappa shape index (κ2) is 8.78. The van der Waals surface area contributed by atoms with E-state index in [2.05, 4.69) is 11.1 Å². The minimum atomic E-state index is -0.000236. The number of aromatic nitrogens is 1. The Morgan fingerprint density at radius 3 is 2.38 bits per heavy atom. The number of fused-ring (bicyclic) bond motifs is 1. The van der Waals surface area contributed by atoms with Crippen LogP contribution in [-0.4, -0.2) is 52.8 Å². The van der Waals surface area contributed by atoms with Gasteiger partial charge in [-0.1, -0.05) is 48.5 Å². The van der Waals surface area contributed by atoms with E-state index in [1.54, 1.807) is 6.08 Å². The van der Waals surface area contributed by atoms with Crippen molar-refractivity contribution in [3.8, 4) is 0 Å². The first kappa shape index (κ1) is 19.0. The molecular weight excluding hydrogens is 362 g/mol. The van der Waals surface area contributed by atoms with Gasteiger partial charge in [0.1, 0.15) is 0 Å². The number of rotatable bonds is 5. The van der Waals surface area contributed by atoms with Crippen LogP contribution in [0.15, 0.2) is 66.9 Å². The summed E-state index contributed by atoms with van der Waals surface area (Å²) in [5.74, 6) is 0.155. The summed E-state index contributed by atoms with van der Waals surface area (Å²) in [6, 6.07) is 17.9. The highest BCUT2D eigenvalue weighted by Crippen LogP contribution is 2.19. The van der Waals surface area contributed by atoms with Gasteiger partial charge in [-0.25, -0.2) is 0 Å². The van der Waals surface area contributed by atoms with Gasteiger partial charge in [0.05, 0.1) is 0 Å². The molecule has 5 nitrogen and oxygen atoms in total. The fourth-order valence-electron chi connectivity index (χ4n) is 3.75. The maximum absolute atomic E-state index is 12.6. The highest BCUT2D eigenvalue weighted by Gasteiger charge is 2.23. The molecule has 2 amide bonds. The predicted octanol–water partition coefficient (Wildman–Crippen LogP) is 3.48. The van der Waals surface area contributed by atoms with Crippen molar-refractivity contribution in [1.82, 2.24) is 14.8 Å². The minimum absolute atomic E-state index is 0.000236. The van der Waals surface area contributed by atoms with Crippen LogP contribution in [0.4, 0.5) is 0 Å². The summed E-state index contributed by atoms with van der Waals surface area (Å²) in [5.41, 5.74) is 3.28. The third-order valence-corrected chi connectivity index (χ3v) is 5.45. The lowest BCUT2D eigenvalue weighted by atomic mass is 10.1. The van der Waals surface area contributed by atoms with E-state index in [1.807, 2.05) is 70.6 Å². The van der Waals surface area contributed by atoms with E-state index in [1.165, 1.54) is 10.9 Å².